The van der Waals surface area contributed by atoms with Gasteiger partial charge >= 0.3 is 0 Å². The number of ether oxygens (including phenoxy) is 2. The number of halogens is 1. The third-order valence-corrected chi connectivity index (χ3v) is 3.52. The van der Waals surface area contributed by atoms with Crippen molar-refractivity contribution in [1.82, 2.24) is 9.80 Å². The van der Waals surface area contributed by atoms with E-state index in [-0.39, 0.29) is 0 Å². The van der Waals surface area contributed by atoms with Crippen molar-refractivity contribution in [2.24, 2.45) is 0 Å². The molecule has 0 aromatic heterocycles. The highest BCUT2D eigenvalue weighted by atomic mass is 35.5. The largest absolute Gasteiger partial charge is 0.379 e. The summed E-state index contributed by atoms with van der Waals surface area (Å²) in [4.78, 5) is 4.80. The summed E-state index contributed by atoms with van der Waals surface area (Å²) in [5.41, 5.74) is 3.03. The first-order valence-electron chi connectivity index (χ1n) is 6.27. The lowest BCUT2D eigenvalue weighted by Gasteiger charge is -2.31. The van der Waals surface area contributed by atoms with Crippen LogP contribution in [-0.2, 0) is 9.47 Å². The van der Waals surface area contributed by atoms with Gasteiger partial charge in [-0.25, -0.2) is 0 Å². The molecule has 0 aromatic rings. The van der Waals surface area contributed by atoms with Crippen LogP contribution in [0, 0.1) is 0 Å². The fourth-order valence-corrected chi connectivity index (χ4v) is 2.35. The molecule has 0 unspecified atom stereocenters. The van der Waals surface area contributed by atoms with Gasteiger partial charge in [0.25, 0.3) is 0 Å². The minimum Gasteiger partial charge on any atom is -0.379 e. The molecule has 5 heteroatoms. The van der Waals surface area contributed by atoms with Crippen LogP contribution in [0.1, 0.15) is 0 Å². The molecule has 4 nitrogen and oxygen atoms in total. The maximum absolute atomic E-state index is 5.93. The van der Waals surface area contributed by atoms with Crippen LogP contribution in [0.5, 0.6) is 0 Å². The van der Waals surface area contributed by atoms with Gasteiger partial charge < -0.3 is 9.47 Å². The van der Waals surface area contributed by atoms with Crippen LogP contribution < -0.4 is 0 Å². The van der Waals surface area contributed by atoms with Crippen LogP contribution in [-0.4, -0.2) is 75.5 Å². The van der Waals surface area contributed by atoms with Gasteiger partial charge in [-0.1, -0.05) is 11.6 Å². The Morgan fingerprint density at radius 2 is 1.29 bits per heavy atom. The molecular formula is C12H21ClN2O2. The van der Waals surface area contributed by atoms with Crippen molar-refractivity contribution in [3.8, 4) is 0 Å². The second-order valence-corrected chi connectivity index (χ2v) is 4.76. The predicted molar refractivity (Wildman–Crippen MR) is 68.5 cm³/mol. The van der Waals surface area contributed by atoms with E-state index in [1.54, 1.807) is 5.54 Å². The average molecular weight is 261 g/mol. The maximum Gasteiger partial charge on any atom is 0.0594 e. The summed E-state index contributed by atoms with van der Waals surface area (Å²) in [5.74, 6) is 0. The van der Waals surface area contributed by atoms with Crippen LogP contribution in [0.3, 0.4) is 0 Å². The highest BCUT2D eigenvalue weighted by Crippen LogP contribution is 2.08. The minimum absolute atomic E-state index is 0.840. The molecule has 0 aliphatic carbocycles. The predicted octanol–water partition coefficient (Wildman–Crippen LogP) is 0.774. The quantitative estimate of drug-likeness (QED) is 0.746. The normalized spacial score (nSPS) is 23.6. The second-order valence-electron chi connectivity index (χ2n) is 4.54. The van der Waals surface area contributed by atoms with E-state index in [9.17, 15) is 0 Å². The number of hydrogen-bond donors (Lipinski definition) is 0. The van der Waals surface area contributed by atoms with Crippen molar-refractivity contribution in [2.75, 3.05) is 65.7 Å². The number of nitrogens with zero attached hydrogens (tertiary/aromatic N) is 2. The molecule has 2 fully saturated rings. The van der Waals surface area contributed by atoms with E-state index in [0.29, 0.717) is 0 Å². The van der Waals surface area contributed by atoms with Crippen molar-refractivity contribution >= 4 is 11.6 Å². The molecule has 2 aliphatic rings. The average Bonchev–Trinajstić information content (AvgIpc) is 2.40. The van der Waals surface area contributed by atoms with Crippen molar-refractivity contribution in [3.63, 3.8) is 0 Å². The SMILES string of the molecule is ClC=C(CN1CCOCC1)CN1CCOCC1. The molecular weight excluding hydrogens is 240 g/mol. The Morgan fingerprint density at radius 1 is 0.882 bits per heavy atom. The lowest BCUT2D eigenvalue weighted by Crippen LogP contribution is -2.41. The van der Waals surface area contributed by atoms with E-state index in [1.165, 1.54) is 5.57 Å². The van der Waals surface area contributed by atoms with Crippen molar-refractivity contribution in [3.05, 3.63) is 11.1 Å². The van der Waals surface area contributed by atoms with Gasteiger partial charge in [-0.05, 0) is 5.57 Å². The summed E-state index contributed by atoms with van der Waals surface area (Å²) in [5, 5.41) is 0. The van der Waals surface area contributed by atoms with Gasteiger partial charge in [0, 0.05) is 44.8 Å². The van der Waals surface area contributed by atoms with Gasteiger partial charge in [0.2, 0.25) is 0 Å². The monoisotopic (exact) mass is 260 g/mol. The number of hydrogen-bond acceptors (Lipinski definition) is 4. The molecule has 2 rings (SSSR count). The van der Waals surface area contributed by atoms with Crippen molar-refractivity contribution in [1.29, 1.82) is 0 Å². The summed E-state index contributed by atoms with van der Waals surface area (Å²) < 4.78 is 10.7. The van der Waals surface area contributed by atoms with Gasteiger partial charge in [0.05, 0.1) is 26.4 Å². The van der Waals surface area contributed by atoms with E-state index in [0.717, 1.165) is 65.7 Å². The lowest BCUT2D eigenvalue weighted by molar-refractivity contribution is 0.0340. The molecule has 2 aliphatic heterocycles. The van der Waals surface area contributed by atoms with Gasteiger partial charge in [0.15, 0.2) is 0 Å². The fourth-order valence-electron chi connectivity index (χ4n) is 2.21. The van der Waals surface area contributed by atoms with Crippen LogP contribution in [0.4, 0.5) is 0 Å². The van der Waals surface area contributed by atoms with E-state index in [4.69, 9.17) is 21.1 Å². The van der Waals surface area contributed by atoms with Crippen LogP contribution in [0.2, 0.25) is 0 Å². The maximum atomic E-state index is 5.93. The summed E-state index contributed by atoms with van der Waals surface area (Å²) in [7, 11) is 0. The number of rotatable bonds is 4. The molecule has 0 radical (unpaired) electrons. The molecule has 0 N–H and O–H groups in total. The lowest BCUT2D eigenvalue weighted by atomic mass is 10.2. The topological polar surface area (TPSA) is 24.9 Å². The van der Waals surface area contributed by atoms with Crippen LogP contribution >= 0.6 is 11.6 Å². The molecule has 98 valence electrons. The molecule has 0 bridgehead atoms. The highest BCUT2D eigenvalue weighted by Gasteiger charge is 2.15. The Morgan fingerprint density at radius 3 is 1.65 bits per heavy atom. The molecule has 2 heterocycles. The van der Waals surface area contributed by atoms with Crippen LogP contribution in [0.15, 0.2) is 11.1 Å². The first-order chi connectivity index (χ1) is 8.38. The minimum atomic E-state index is 0.840. The smallest absolute Gasteiger partial charge is 0.0594 e. The van der Waals surface area contributed by atoms with E-state index < -0.39 is 0 Å². The van der Waals surface area contributed by atoms with Gasteiger partial charge in [-0.15, -0.1) is 0 Å². The summed E-state index contributed by atoms with van der Waals surface area (Å²) in [6.07, 6.45) is 0. The van der Waals surface area contributed by atoms with Gasteiger partial charge in [-0.3, -0.25) is 9.80 Å². The molecule has 2 saturated heterocycles. The van der Waals surface area contributed by atoms with E-state index in [2.05, 4.69) is 9.80 Å². The Kier molecular flexibility index (Phi) is 5.74. The Hall–Kier alpha value is -0.130. The first kappa shape index (κ1) is 13.3. The van der Waals surface area contributed by atoms with Gasteiger partial charge in [-0.2, -0.15) is 0 Å². The Balaban J connectivity index is 1.75. The molecule has 0 aromatic carbocycles. The zero-order valence-electron chi connectivity index (χ0n) is 10.2. The third-order valence-electron chi connectivity index (χ3n) is 3.22. The number of morpholine rings is 2. The molecule has 0 saturated carbocycles. The molecule has 0 atom stereocenters. The Labute approximate surface area is 108 Å². The van der Waals surface area contributed by atoms with Crippen LogP contribution in [0.25, 0.3) is 0 Å². The molecule has 17 heavy (non-hydrogen) atoms. The van der Waals surface area contributed by atoms with E-state index in [1.807, 2.05) is 0 Å². The molecule has 0 amide bonds. The van der Waals surface area contributed by atoms with E-state index >= 15 is 0 Å². The third kappa shape index (κ3) is 4.56. The van der Waals surface area contributed by atoms with Crippen molar-refractivity contribution < 1.29 is 9.47 Å². The zero-order valence-corrected chi connectivity index (χ0v) is 11.0. The molecule has 0 spiro atoms. The second kappa shape index (κ2) is 7.34. The fraction of sp³-hybridized carbons (Fsp3) is 0.833. The Bertz CT molecular complexity index is 227. The van der Waals surface area contributed by atoms with Crippen molar-refractivity contribution in [2.45, 2.75) is 0 Å². The van der Waals surface area contributed by atoms with Gasteiger partial charge in [0.1, 0.15) is 0 Å². The highest BCUT2D eigenvalue weighted by molar-refractivity contribution is 6.25. The standard InChI is InChI=1S/C12H21ClN2O2/c13-9-12(10-14-1-5-16-6-2-14)11-15-3-7-17-8-4-15/h9H,1-8,10-11H2. The summed E-state index contributed by atoms with van der Waals surface area (Å²) >= 11 is 5.93. The summed E-state index contributed by atoms with van der Waals surface area (Å²) in [6, 6.07) is 0. The summed E-state index contributed by atoms with van der Waals surface area (Å²) in [6.45, 7) is 9.33. The zero-order chi connectivity index (χ0) is 11.9. The first-order valence-corrected chi connectivity index (χ1v) is 6.70.